The Morgan fingerprint density at radius 3 is 2.72 bits per heavy atom. The first-order valence-corrected chi connectivity index (χ1v) is 5.81. The smallest absolute Gasteiger partial charge is 0.251 e. The van der Waals surface area contributed by atoms with Crippen molar-refractivity contribution in [1.29, 1.82) is 5.26 Å². The Balaban J connectivity index is 0.00000162. The van der Waals surface area contributed by atoms with Crippen LogP contribution in [0.3, 0.4) is 0 Å². The second-order valence-electron chi connectivity index (χ2n) is 4.19. The predicted octanol–water partition coefficient (Wildman–Crippen LogP) is 1.46. The average Bonchev–Trinajstić information content (AvgIpc) is 2.89. The maximum absolute atomic E-state index is 11.8. The molecule has 2 N–H and O–H groups in total. The molecule has 5 heteroatoms. The summed E-state index contributed by atoms with van der Waals surface area (Å²) in [6.07, 6.45) is 2.30. The highest BCUT2D eigenvalue weighted by Gasteiger charge is 2.15. The molecule has 0 spiro atoms. The van der Waals surface area contributed by atoms with E-state index in [-0.39, 0.29) is 18.3 Å². The summed E-state index contributed by atoms with van der Waals surface area (Å²) in [6, 6.07) is 9.09. The fourth-order valence-corrected chi connectivity index (χ4v) is 1.95. The molecular formula is C13H16ClN3O. The second-order valence-corrected chi connectivity index (χ2v) is 4.19. The van der Waals surface area contributed by atoms with Crippen LogP contribution < -0.4 is 10.6 Å². The molecule has 1 aromatic carbocycles. The SMILES string of the molecule is Cl.N#Cc1ccc(C(=O)NCC2CCCN2)cc1. The molecule has 1 heterocycles. The summed E-state index contributed by atoms with van der Waals surface area (Å²) >= 11 is 0. The molecule has 1 aliphatic rings. The monoisotopic (exact) mass is 265 g/mol. The van der Waals surface area contributed by atoms with E-state index in [1.807, 2.05) is 6.07 Å². The molecule has 18 heavy (non-hydrogen) atoms. The van der Waals surface area contributed by atoms with Crippen LogP contribution in [0.1, 0.15) is 28.8 Å². The summed E-state index contributed by atoms with van der Waals surface area (Å²) in [5.74, 6) is -0.0804. The lowest BCUT2D eigenvalue weighted by molar-refractivity contribution is 0.0950. The Kier molecular flexibility index (Phi) is 5.63. The number of benzene rings is 1. The van der Waals surface area contributed by atoms with Gasteiger partial charge in [-0.1, -0.05) is 0 Å². The molecule has 1 atom stereocenters. The molecule has 1 aliphatic heterocycles. The fraction of sp³-hybridized carbons (Fsp3) is 0.385. The lowest BCUT2D eigenvalue weighted by Crippen LogP contribution is -2.37. The number of amides is 1. The van der Waals surface area contributed by atoms with Gasteiger partial charge >= 0.3 is 0 Å². The minimum Gasteiger partial charge on any atom is -0.350 e. The maximum Gasteiger partial charge on any atom is 0.251 e. The molecule has 1 fully saturated rings. The van der Waals surface area contributed by atoms with Crippen molar-refractivity contribution in [1.82, 2.24) is 10.6 Å². The zero-order valence-electron chi connectivity index (χ0n) is 9.98. The molecule has 2 rings (SSSR count). The molecular weight excluding hydrogens is 250 g/mol. The Labute approximate surface area is 113 Å². The van der Waals surface area contributed by atoms with Gasteiger partial charge in [0.15, 0.2) is 0 Å². The average molecular weight is 266 g/mol. The first-order valence-electron chi connectivity index (χ1n) is 5.81. The predicted molar refractivity (Wildman–Crippen MR) is 71.8 cm³/mol. The van der Waals surface area contributed by atoms with E-state index in [1.54, 1.807) is 24.3 Å². The fourth-order valence-electron chi connectivity index (χ4n) is 1.95. The van der Waals surface area contributed by atoms with E-state index in [0.29, 0.717) is 23.7 Å². The van der Waals surface area contributed by atoms with Crippen LogP contribution in [0, 0.1) is 11.3 Å². The third-order valence-corrected chi connectivity index (χ3v) is 2.95. The molecule has 0 aliphatic carbocycles. The van der Waals surface area contributed by atoms with Gasteiger partial charge in [0.25, 0.3) is 5.91 Å². The Bertz CT molecular complexity index is 433. The summed E-state index contributed by atoms with van der Waals surface area (Å²) in [6.45, 7) is 1.70. The zero-order chi connectivity index (χ0) is 12.1. The van der Waals surface area contributed by atoms with Gasteiger partial charge < -0.3 is 10.6 Å². The van der Waals surface area contributed by atoms with Crippen LogP contribution >= 0.6 is 12.4 Å². The van der Waals surface area contributed by atoms with Crippen LogP contribution in [0.15, 0.2) is 24.3 Å². The standard InChI is InChI=1S/C13H15N3O.ClH/c14-8-10-3-5-11(6-4-10)13(17)16-9-12-2-1-7-15-12;/h3-6,12,15H,1-2,7,9H2,(H,16,17);1H. The van der Waals surface area contributed by atoms with Crippen LogP contribution in [0.4, 0.5) is 0 Å². The molecule has 0 radical (unpaired) electrons. The Morgan fingerprint density at radius 1 is 1.44 bits per heavy atom. The number of carbonyl (C=O) groups is 1. The van der Waals surface area contributed by atoms with E-state index in [0.717, 1.165) is 13.0 Å². The summed E-state index contributed by atoms with van der Waals surface area (Å²) < 4.78 is 0. The van der Waals surface area contributed by atoms with Crippen molar-refractivity contribution < 1.29 is 4.79 Å². The van der Waals surface area contributed by atoms with Gasteiger partial charge in [0.1, 0.15) is 0 Å². The van der Waals surface area contributed by atoms with Crippen LogP contribution in [0.5, 0.6) is 0 Å². The van der Waals surface area contributed by atoms with Crippen molar-refractivity contribution in [3.05, 3.63) is 35.4 Å². The van der Waals surface area contributed by atoms with Crippen LogP contribution in [0.2, 0.25) is 0 Å². The minimum absolute atomic E-state index is 0. The molecule has 4 nitrogen and oxygen atoms in total. The molecule has 0 saturated carbocycles. The minimum atomic E-state index is -0.0804. The maximum atomic E-state index is 11.8. The number of halogens is 1. The van der Waals surface area contributed by atoms with Gasteiger partial charge in [0, 0.05) is 18.2 Å². The molecule has 0 bridgehead atoms. The molecule has 0 aromatic heterocycles. The van der Waals surface area contributed by atoms with Crippen molar-refractivity contribution in [3.8, 4) is 6.07 Å². The van der Waals surface area contributed by atoms with E-state index in [9.17, 15) is 4.79 Å². The van der Waals surface area contributed by atoms with Crippen molar-refractivity contribution in [2.75, 3.05) is 13.1 Å². The quantitative estimate of drug-likeness (QED) is 0.870. The normalized spacial score (nSPS) is 17.6. The molecule has 1 unspecified atom stereocenters. The lowest BCUT2D eigenvalue weighted by atomic mass is 10.1. The number of carbonyl (C=O) groups excluding carboxylic acids is 1. The van der Waals surface area contributed by atoms with Crippen molar-refractivity contribution in [2.45, 2.75) is 18.9 Å². The van der Waals surface area contributed by atoms with Gasteiger partial charge in [-0.25, -0.2) is 0 Å². The van der Waals surface area contributed by atoms with Gasteiger partial charge in [0.05, 0.1) is 11.6 Å². The Hall–Kier alpha value is -1.57. The van der Waals surface area contributed by atoms with E-state index in [2.05, 4.69) is 10.6 Å². The summed E-state index contributed by atoms with van der Waals surface area (Å²) in [5.41, 5.74) is 1.17. The number of hydrogen-bond acceptors (Lipinski definition) is 3. The lowest BCUT2D eigenvalue weighted by Gasteiger charge is -2.11. The summed E-state index contributed by atoms with van der Waals surface area (Å²) in [4.78, 5) is 11.8. The molecule has 1 amide bonds. The van der Waals surface area contributed by atoms with E-state index < -0.39 is 0 Å². The first kappa shape index (κ1) is 14.5. The highest BCUT2D eigenvalue weighted by molar-refractivity contribution is 5.94. The van der Waals surface area contributed by atoms with Gasteiger partial charge in [-0.15, -0.1) is 12.4 Å². The Morgan fingerprint density at radius 2 is 2.17 bits per heavy atom. The molecule has 1 aromatic rings. The molecule has 96 valence electrons. The molecule has 1 saturated heterocycles. The van der Waals surface area contributed by atoms with E-state index >= 15 is 0 Å². The second kappa shape index (κ2) is 7.00. The van der Waals surface area contributed by atoms with Gasteiger partial charge in [0.2, 0.25) is 0 Å². The van der Waals surface area contributed by atoms with Crippen molar-refractivity contribution in [3.63, 3.8) is 0 Å². The van der Waals surface area contributed by atoms with Crippen LogP contribution in [0.25, 0.3) is 0 Å². The highest BCUT2D eigenvalue weighted by Crippen LogP contribution is 2.05. The van der Waals surface area contributed by atoms with Gasteiger partial charge in [-0.3, -0.25) is 4.79 Å². The van der Waals surface area contributed by atoms with Crippen LogP contribution in [-0.2, 0) is 0 Å². The number of nitriles is 1. The van der Waals surface area contributed by atoms with E-state index in [4.69, 9.17) is 5.26 Å². The van der Waals surface area contributed by atoms with Gasteiger partial charge in [-0.05, 0) is 43.7 Å². The van der Waals surface area contributed by atoms with Gasteiger partial charge in [-0.2, -0.15) is 5.26 Å². The zero-order valence-corrected chi connectivity index (χ0v) is 10.8. The number of hydrogen-bond donors (Lipinski definition) is 2. The van der Waals surface area contributed by atoms with E-state index in [1.165, 1.54) is 6.42 Å². The largest absolute Gasteiger partial charge is 0.350 e. The number of nitrogens with zero attached hydrogens (tertiary/aromatic N) is 1. The first-order chi connectivity index (χ1) is 8.29. The van der Waals surface area contributed by atoms with Crippen molar-refractivity contribution in [2.24, 2.45) is 0 Å². The summed E-state index contributed by atoms with van der Waals surface area (Å²) in [7, 11) is 0. The topological polar surface area (TPSA) is 64.9 Å². The number of nitrogens with one attached hydrogen (secondary N) is 2. The third-order valence-electron chi connectivity index (χ3n) is 2.95. The highest BCUT2D eigenvalue weighted by atomic mass is 35.5. The summed E-state index contributed by atoms with van der Waals surface area (Å²) in [5, 5.41) is 14.9. The van der Waals surface area contributed by atoms with Crippen LogP contribution in [-0.4, -0.2) is 25.0 Å². The third kappa shape index (κ3) is 3.73. The van der Waals surface area contributed by atoms with Crippen molar-refractivity contribution >= 4 is 18.3 Å². The number of rotatable bonds is 3.